The van der Waals surface area contributed by atoms with Crippen molar-refractivity contribution in [1.82, 2.24) is 9.88 Å². The molecule has 0 aliphatic carbocycles. The maximum absolute atomic E-state index is 12.5. The molecule has 1 aromatic heterocycles. The fourth-order valence-electron chi connectivity index (χ4n) is 1.97. The Morgan fingerprint density at radius 2 is 2.21 bits per heavy atom. The Labute approximate surface area is 108 Å². The van der Waals surface area contributed by atoms with Crippen LogP contribution in [0.3, 0.4) is 0 Å². The van der Waals surface area contributed by atoms with Gasteiger partial charge in [-0.25, -0.2) is 0 Å². The lowest BCUT2D eigenvalue weighted by Gasteiger charge is -2.27. The molecule has 0 fully saturated rings. The minimum Gasteiger partial charge on any atom is -0.334 e. The van der Waals surface area contributed by atoms with Crippen LogP contribution in [0.2, 0.25) is 0 Å². The Hall–Kier alpha value is -1.85. The smallest absolute Gasteiger partial charge is 0.334 e. The number of rotatable bonds is 1. The van der Waals surface area contributed by atoms with Crippen LogP contribution in [0.25, 0.3) is 0 Å². The van der Waals surface area contributed by atoms with Crippen LogP contribution < -0.4 is 0 Å². The van der Waals surface area contributed by atoms with E-state index in [2.05, 4.69) is 4.98 Å². The molecule has 0 radical (unpaired) electrons. The average Bonchev–Trinajstić information content (AvgIpc) is 2.37. The summed E-state index contributed by atoms with van der Waals surface area (Å²) in [5.74, 6) is -0.189. The first-order chi connectivity index (χ1) is 8.88. The lowest BCUT2D eigenvalue weighted by Crippen LogP contribution is -2.37. The Kier molecular flexibility index (Phi) is 3.59. The van der Waals surface area contributed by atoms with Gasteiger partial charge in [-0.15, -0.1) is 0 Å². The van der Waals surface area contributed by atoms with E-state index >= 15 is 0 Å². The molecule has 19 heavy (non-hydrogen) atoms. The molecule has 2 heterocycles. The molecule has 1 amide bonds. The van der Waals surface area contributed by atoms with E-state index in [4.69, 9.17) is 0 Å². The van der Waals surface area contributed by atoms with Crippen molar-refractivity contribution >= 4 is 5.91 Å². The van der Waals surface area contributed by atoms with E-state index in [9.17, 15) is 18.0 Å². The van der Waals surface area contributed by atoms with Crippen molar-refractivity contribution in [1.29, 1.82) is 0 Å². The second kappa shape index (κ2) is 5.03. The van der Waals surface area contributed by atoms with E-state index in [1.54, 1.807) is 0 Å². The molecule has 0 bridgehead atoms. The standard InChI is InChI=1S/C13H13F3N2O/c1-9-3-2-6-18(8-9)12(19)10-4-5-17-11(7-10)13(14,15)16/h2-5,7,9H,6,8H2,1H3. The third kappa shape index (κ3) is 3.13. The number of amides is 1. The Morgan fingerprint density at radius 1 is 1.47 bits per heavy atom. The largest absolute Gasteiger partial charge is 0.433 e. The molecule has 3 nitrogen and oxygen atoms in total. The monoisotopic (exact) mass is 270 g/mol. The maximum atomic E-state index is 12.5. The van der Waals surface area contributed by atoms with E-state index in [1.807, 2.05) is 19.1 Å². The SMILES string of the molecule is CC1C=CCN(C(=O)c2ccnc(C(F)(F)F)c2)C1. The van der Waals surface area contributed by atoms with Crippen LogP contribution in [0.1, 0.15) is 23.0 Å². The van der Waals surface area contributed by atoms with Crippen LogP contribution in [0.5, 0.6) is 0 Å². The minimum atomic E-state index is -4.54. The topological polar surface area (TPSA) is 33.2 Å². The summed E-state index contributed by atoms with van der Waals surface area (Å²) in [6.45, 7) is 2.88. The fraction of sp³-hybridized carbons (Fsp3) is 0.385. The van der Waals surface area contributed by atoms with Crippen molar-refractivity contribution in [3.05, 3.63) is 41.7 Å². The summed E-state index contributed by atoms with van der Waals surface area (Å²) in [4.78, 5) is 16.9. The van der Waals surface area contributed by atoms with Gasteiger partial charge in [0.2, 0.25) is 0 Å². The number of aromatic nitrogens is 1. The van der Waals surface area contributed by atoms with Crippen LogP contribution in [0.4, 0.5) is 13.2 Å². The van der Waals surface area contributed by atoms with Crippen LogP contribution >= 0.6 is 0 Å². The molecule has 1 unspecified atom stereocenters. The normalized spacial score (nSPS) is 19.6. The Morgan fingerprint density at radius 3 is 2.84 bits per heavy atom. The summed E-state index contributed by atoms with van der Waals surface area (Å²) in [5.41, 5.74) is -1.02. The first-order valence-electron chi connectivity index (χ1n) is 5.87. The van der Waals surface area contributed by atoms with E-state index in [-0.39, 0.29) is 11.5 Å². The van der Waals surface area contributed by atoms with Crippen molar-refractivity contribution in [3.8, 4) is 0 Å². The highest BCUT2D eigenvalue weighted by molar-refractivity contribution is 5.94. The Balaban J connectivity index is 2.22. The van der Waals surface area contributed by atoms with Gasteiger partial charge >= 0.3 is 6.18 Å². The predicted molar refractivity (Wildman–Crippen MR) is 63.4 cm³/mol. The molecule has 0 aromatic carbocycles. The molecule has 0 N–H and O–H groups in total. The molecule has 102 valence electrons. The molecule has 0 saturated heterocycles. The van der Waals surface area contributed by atoms with E-state index in [0.29, 0.717) is 13.1 Å². The zero-order valence-corrected chi connectivity index (χ0v) is 10.3. The van der Waals surface area contributed by atoms with Gasteiger partial charge in [0.25, 0.3) is 5.91 Å². The molecule has 1 atom stereocenters. The number of alkyl halides is 3. The summed E-state index contributed by atoms with van der Waals surface area (Å²) in [6, 6.07) is 2.10. The van der Waals surface area contributed by atoms with Crippen LogP contribution in [0, 0.1) is 5.92 Å². The van der Waals surface area contributed by atoms with Crippen molar-refractivity contribution in [2.24, 2.45) is 5.92 Å². The van der Waals surface area contributed by atoms with Gasteiger partial charge in [-0.1, -0.05) is 19.1 Å². The number of nitrogens with zero attached hydrogens (tertiary/aromatic N) is 2. The summed E-state index contributed by atoms with van der Waals surface area (Å²) in [6.07, 6.45) is 0.306. The molecule has 1 aromatic rings. The highest BCUT2D eigenvalue weighted by atomic mass is 19.4. The number of hydrogen-bond acceptors (Lipinski definition) is 2. The lowest BCUT2D eigenvalue weighted by atomic mass is 10.1. The number of halogens is 3. The second-order valence-corrected chi connectivity index (χ2v) is 4.54. The van der Waals surface area contributed by atoms with Crippen molar-refractivity contribution in [2.45, 2.75) is 13.1 Å². The molecular formula is C13H13F3N2O. The quantitative estimate of drug-likeness (QED) is 0.735. The van der Waals surface area contributed by atoms with Gasteiger partial charge < -0.3 is 4.90 Å². The van der Waals surface area contributed by atoms with Crippen LogP contribution in [-0.4, -0.2) is 28.9 Å². The third-order valence-corrected chi connectivity index (χ3v) is 2.88. The van der Waals surface area contributed by atoms with E-state index in [1.165, 1.54) is 11.0 Å². The molecule has 6 heteroatoms. The first kappa shape index (κ1) is 13.6. The van der Waals surface area contributed by atoms with Gasteiger partial charge in [-0.05, 0) is 18.1 Å². The van der Waals surface area contributed by atoms with Gasteiger partial charge in [0.05, 0.1) is 0 Å². The minimum absolute atomic E-state index is 0.0184. The van der Waals surface area contributed by atoms with Crippen LogP contribution in [-0.2, 0) is 6.18 Å². The number of carbonyl (C=O) groups is 1. The zero-order valence-electron chi connectivity index (χ0n) is 10.3. The van der Waals surface area contributed by atoms with Crippen molar-refractivity contribution in [3.63, 3.8) is 0 Å². The van der Waals surface area contributed by atoms with Gasteiger partial charge in [0.1, 0.15) is 5.69 Å². The van der Waals surface area contributed by atoms with Gasteiger partial charge in [-0.2, -0.15) is 13.2 Å². The third-order valence-electron chi connectivity index (χ3n) is 2.88. The number of carbonyl (C=O) groups excluding carboxylic acids is 1. The molecule has 2 rings (SSSR count). The first-order valence-corrected chi connectivity index (χ1v) is 5.87. The molecule has 0 spiro atoms. The second-order valence-electron chi connectivity index (χ2n) is 4.54. The predicted octanol–water partition coefficient (Wildman–Crippen LogP) is 2.75. The summed E-state index contributed by atoms with van der Waals surface area (Å²) in [7, 11) is 0. The summed E-state index contributed by atoms with van der Waals surface area (Å²) in [5, 5.41) is 0. The highest BCUT2D eigenvalue weighted by Gasteiger charge is 2.33. The average molecular weight is 270 g/mol. The van der Waals surface area contributed by atoms with E-state index in [0.717, 1.165) is 12.3 Å². The van der Waals surface area contributed by atoms with Gasteiger partial charge in [-0.3, -0.25) is 9.78 Å². The molecule has 1 aliphatic heterocycles. The highest BCUT2D eigenvalue weighted by Crippen LogP contribution is 2.28. The fourth-order valence-corrected chi connectivity index (χ4v) is 1.97. The Bertz CT molecular complexity index is 511. The van der Waals surface area contributed by atoms with Gasteiger partial charge in [0.15, 0.2) is 0 Å². The number of pyridine rings is 1. The summed E-state index contributed by atoms with van der Waals surface area (Å²) >= 11 is 0. The van der Waals surface area contributed by atoms with Gasteiger partial charge in [0, 0.05) is 24.8 Å². The zero-order chi connectivity index (χ0) is 14.0. The molecular weight excluding hydrogens is 257 g/mol. The maximum Gasteiger partial charge on any atom is 0.433 e. The summed E-state index contributed by atoms with van der Waals surface area (Å²) < 4.78 is 37.6. The molecule has 0 saturated carbocycles. The van der Waals surface area contributed by atoms with Crippen molar-refractivity contribution < 1.29 is 18.0 Å². The van der Waals surface area contributed by atoms with E-state index < -0.39 is 17.8 Å². The van der Waals surface area contributed by atoms with Crippen LogP contribution in [0.15, 0.2) is 30.5 Å². The molecule has 1 aliphatic rings. The lowest BCUT2D eigenvalue weighted by molar-refractivity contribution is -0.141. The number of hydrogen-bond donors (Lipinski definition) is 0. The van der Waals surface area contributed by atoms with Crippen molar-refractivity contribution in [2.75, 3.05) is 13.1 Å².